The quantitative estimate of drug-likeness (QED) is 0.905. The number of rotatable bonds is 5. The van der Waals surface area contributed by atoms with Crippen molar-refractivity contribution in [2.75, 3.05) is 13.6 Å². The molecule has 2 rings (SSSR count). The second-order valence-corrected chi connectivity index (χ2v) is 5.16. The van der Waals surface area contributed by atoms with Crippen LogP contribution in [0, 0.1) is 12.7 Å². The Kier molecular flexibility index (Phi) is 4.88. The van der Waals surface area contributed by atoms with E-state index in [1.807, 2.05) is 37.4 Å². The van der Waals surface area contributed by atoms with Crippen LogP contribution in [-0.4, -0.2) is 18.5 Å². The van der Waals surface area contributed by atoms with Crippen molar-refractivity contribution in [3.05, 3.63) is 71.0 Å². The first-order valence-electron chi connectivity index (χ1n) is 6.82. The largest absolute Gasteiger partial charge is 0.329 e. The lowest BCUT2D eigenvalue weighted by Crippen LogP contribution is -2.30. The highest BCUT2D eigenvalue weighted by atomic mass is 19.1. The van der Waals surface area contributed by atoms with Crippen LogP contribution in [0.1, 0.15) is 22.7 Å². The summed E-state index contributed by atoms with van der Waals surface area (Å²) in [5.74, 6) is -0.172. The molecule has 0 aliphatic rings. The van der Waals surface area contributed by atoms with Crippen molar-refractivity contribution in [3.8, 4) is 0 Å². The summed E-state index contributed by atoms with van der Waals surface area (Å²) in [6, 6.07) is 15.6. The number of hydrogen-bond acceptors (Lipinski definition) is 2. The molecule has 0 aliphatic carbocycles. The lowest BCUT2D eigenvalue weighted by atomic mass is 10.0. The van der Waals surface area contributed by atoms with Gasteiger partial charge in [-0.05, 0) is 36.7 Å². The summed E-state index contributed by atoms with van der Waals surface area (Å²) in [5.41, 5.74) is 8.69. The van der Waals surface area contributed by atoms with Gasteiger partial charge in [-0.15, -0.1) is 0 Å². The fourth-order valence-corrected chi connectivity index (χ4v) is 2.37. The van der Waals surface area contributed by atoms with Gasteiger partial charge in [0.05, 0.1) is 0 Å². The molecular formula is C17H21FN2. The Morgan fingerprint density at radius 3 is 2.45 bits per heavy atom. The van der Waals surface area contributed by atoms with Crippen LogP contribution < -0.4 is 5.73 Å². The average molecular weight is 272 g/mol. The van der Waals surface area contributed by atoms with E-state index < -0.39 is 0 Å². The number of benzene rings is 2. The van der Waals surface area contributed by atoms with Crippen molar-refractivity contribution >= 4 is 0 Å². The van der Waals surface area contributed by atoms with Crippen LogP contribution in [0.2, 0.25) is 0 Å². The first-order chi connectivity index (χ1) is 9.61. The van der Waals surface area contributed by atoms with Crippen molar-refractivity contribution in [1.82, 2.24) is 4.90 Å². The highest BCUT2D eigenvalue weighted by Crippen LogP contribution is 2.22. The number of nitrogens with zero attached hydrogens (tertiary/aromatic N) is 1. The molecule has 0 saturated heterocycles. The van der Waals surface area contributed by atoms with Crippen molar-refractivity contribution in [3.63, 3.8) is 0 Å². The molecule has 20 heavy (non-hydrogen) atoms. The summed E-state index contributed by atoms with van der Waals surface area (Å²) in [6.07, 6.45) is 0. The minimum Gasteiger partial charge on any atom is -0.329 e. The Balaban J connectivity index is 2.16. The molecule has 0 saturated carbocycles. The number of halogens is 1. The second-order valence-electron chi connectivity index (χ2n) is 5.16. The van der Waals surface area contributed by atoms with Gasteiger partial charge in [0.15, 0.2) is 0 Å². The van der Waals surface area contributed by atoms with E-state index in [1.165, 1.54) is 5.56 Å². The summed E-state index contributed by atoms with van der Waals surface area (Å²) in [5, 5.41) is 0. The van der Waals surface area contributed by atoms with Gasteiger partial charge in [0.1, 0.15) is 5.82 Å². The second kappa shape index (κ2) is 6.64. The third-order valence-electron chi connectivity index (χ3n) is 3.61. The summed E-state index contributed by atoms with van der Waals surface area (Å²) < 4.78 is 13.7. The summed E-state index contributed by atoms with van der Waals surface area (Å²) in [7, 11) is 2.02. The first kappa shape index (κ1) is 14.7. The van der Waals surface area contributed by atoms with Crippen LogP contribution in [0.3, 0.4) is 0 Å². The molecule has 2 N–H and O–H groups in total. The molecular weight excluding hydrogens is 251 g/mol. The smallest absolute Gasteiger partial charge is 0.126 e. The van der Waals surface area contributed by atoms with Crippen LogP contribution in [0.4, 0.5) is 4.39 Å². The zero-order chi connectivity index (χ0) is 14.5. The van der Waals surface area contributed by atoms with E-state index in [1.54, 1.807) is 13.0 Å². The van der Waals surface area contributed by atoms with E-state index in [-0.39, 0.29) is 11.9 Å². The highest BCUT2D eigenvalue weighted by Gasteiger charge is 2.16. The van der Waals surface area contributed by atoms with E-state index in [4.69, 9.17) is 5.73 Å². The molecule has 3 heteroatoms. The Bertz CT molecular complexity index is 554. The molecule has 0 aromatic heterocycles. The van der Waals surface area contributed by atoms with Gasteiger partial charge in [0.2, 0.25) is 0 Å². The normalized spacial score (nSPS) is 12.7. The summed E-state index contributed by atoms with van der Waals surface area (Å²) >= 11 is 0. The van der Waals surface area contributed by atoms with E-state index in [0.717, 1.165) is 12.1 Å². The molecule has 106 valence electrons. The fourth-order valence-electron chi connectivity index (χ4n) is 2.37. The number of aryl methyl sites for hydroxylation is 1. The predicted molar refractivity (Wildman–Crippen MR) is 80.8 cm³/mol. The summed E-state index contributed by atoms with van der Waals surface area (Å²) in [6.45, 7) is 3.02. The lowest BCUT2D eigenvalue weighted by Gasteiger charge is -2.27. The topological polar surface area (TPSA) is 29.3 Å². The summed E-state index contributed by atoms with van der Waals surface area (Å²) in [4.78, 5) is 2.15. The lowest BCUT2D eigenvalue weighted by molar-refractivity contribution is 0.241. The molecule has 1 unspecified atom stereocenters. The average Bonchev–Trinajstić information content (AvgIpc) is 2.44. The molecule has 0 heterocycles. The molecule has 2 nitrogen and oxygen atoms in total. The van der Waals surface area contributed by atoms with Crippen LogP contribution >= 0.6 is 0 Å². The molecule has 0 spiro atoms. The zero-order valence-corrected chi connectivity index (χ0v) is 12.0. The maximum absolute atomic E-state index is 13.7. The van der Waals surface area contributed by atoms with Crippen molar-refractivity contribution in [2.24, 2.45) is 5.73 Å². The minimum absolute atomic E-state index is 0.0188. The van der Waals surface area contributed by atoms with Gasteiger partial charge in [0.25, 0.3) is 0 Å². The van der Waals surface area contributed by atoms with Gasteiger partial charge in [-0.3, -0.25) is 4.90 Å². The van der Waals surface area contributed by atoms with Crippen LogP contribution in [0.15, 0.2) is 48.5 Å². The van der Waals surface area contributed by atoms with Gasteiger partial charge in [0, 0.05) is 19.1 Å². The standard InChI is InChI=1S/C17H21FN2/c1-13-8-9-15(10-16(13)18)17(11-19)20(2)12-14-6-4-3-5-7-14/h3-10,17H,11-12,19H2,1-2H3. The van der Waals surface area contributed by atoms with E-state index in [2.05, 4.69) is 17.0 Å². The van der Waals surface area contributed by atoms with Gasteiger partial charge < -0.3 is 5.73 Å². The SMILES string of the molecule is Cc1ccc(C(CN)N(C)Cc2ccccc2)cc1F. The zero-order valence-electron chi connectivity index (χ0n) is 12.0. The first-order valence-corrected chi connectivity index (χ1v) is 6.82. The third-order valence-corrected chi connectivity index (χ3v) is 3.61. The molecule has 0 radical (unpaired) electrons. The van der Waals surface area contributed by atoms with Gasteiger partial charge in [-0.1, -0.05) is 42.5 Å². The Morgan fingerprint density at radius 2 is 1.85 bits per heavy atom. The maximum Gasteiger partial charge on any atom is 0.126 e. The van der Waals surface area contributed by atoms with Crippen molar-refractivity contribution in [1.29, 1.82) is 0 Å². The molecule has 0 bridgehead atoms. The molecule has 0 fully saturated rings. The van der Waals surface area contributed by atoms with E-state index >= 15 is 0 Å². The van der Waals surface area contributed by atoms with E-state index in [9.17, 15) is 4.39 Å². The molecule has 0 amide bonds. The molecule has 2 aromatic rings. The molecule has 0 aliphatic heterocycles. The molecule has 1 atom stereocenters. The predicted octanol–water partition coefficient (Wildman–Crippen LogP) is 3.27. The van der Waals surface area contributed by atoms with Crippen LogP contribution in [0.25, 0.3) is 0 Å². The van der Waals surface area contributed by atoms with Crippen LogP contribution in [0.5, 0.6) is 0 Å². The fraction of sp³-hybridized carbons (Fsp3) is 0.294. The Hall–Kier alpha value is -1.71. The van der Waals surface area contributed by atoms with E-state index in [0.29, 0.717) is 12.1 Å². The Labute approximate surface area is 120 Å². The van der Waals surface area contributed by atoms with Crippen molar-refractivity contribution in [2.45, 2.75) is 19.5 Å². The third kappa shape index (κ3) is 3.44. The van der Waals surface area contributed by atoms with Gasteiger partial charge in [-0.25, -0.2) is 4.39 Å². The van der Waals surface area contributed by atoms with Gasteiger partial charge >= 0.3 is 0 Å². The number of likely N-dealkylation sites (N-methyl/N-ethyl adjacent to an activating group) is 1. The molecule has 2 aromatic carbocycles. The highest BCUT2D eigenvalue weighted by molar-refractivity contribution is 5.26. The number of hydrogen-bond donors (Lipinski definition) is 1. The monoisotopic (exact) mass is 272 g/mol. The minimum atomic E-state index is -0.172. The van der Waals surface area contributed by atoms with Crippen LogP contribution in [-0.2, 0) is 6.54 Å². The van der Waals surface area contributed by atoms with Gasteiger partial charge in [-0.2, -0.15) is 0 Å². The maximum atomic E-state index is 13.7. The Morgan fingerprint density at radius 1 is 1.15 bits per heavy atom. The van der Waals surface area contributed by atoms with Crippen molar-refractivity contribution < 1.29 is 4.39 Å². The number of nitrogens with two attached hydrogens (primary N) is 1.